The summed E-state index contributed by atoms with van der Waals surface area (Å²) in [6, 6.07) is 5.58. The van der Waals surface area contributed by atoms with Crippen molar-refractivity contribution in [3.63, 3.8) is 0 Å². The van der Waals surface area contributed by atoms with Gasteiger partial charge in [-0.1, -0.05) is 17.7 Å². The van der Waals surface area contributed by atoms with Crippen LogP contribution >= 0.6 is 11.6 Å². The molecule has 2 aromatic rings. The lowest BCUT2D eigenvalue weighted by Gasteiger charge is -2.31. The van der Waals surface area contributed by atoms with Crippen molar-refractivity contribution in [2.45, 2.75) is 13.1 Å². The Hall–Kier alpha value is -2.27. The van der Waals surface area contributed by atoms with Gasteiger partial charge >= 0.3 is 5.97 Å². The molecule has 0 unspecified atom stereocenters. The van der Waals surface area contributed by atoms with Crippen molar-refractivity contribution in [2.75, 3.05) is 11.4 Å². The molecule has 21 heavy (non-hydrogen) atoms. The Bertz CT molecular complexity index is 709. The van der Waals surface area contributed by atoms with Crippen LogP contribution in [0, 0.1) is 0 Å². The van der Waals surface area contributed by atoms with Crippen molar-refractivity contribution in [3.8, 4) is 0 Å². The molecule has 6 heteroatoms. The Morgan fingerprint density at radius 3 is 3.05 bits per heavy atom. The normalized spacial score (nSPS) is 14.4. The van der Waals surface area contributed by atoms with Crippen molar-refractivity contribution < 1.29 is 9.90 Å². The molecule has 5 nitrogen and oxygen atoms in total. The highest BCUT2D eigenvalue weighted by atomic mass is 35.5. The van der Waals surface area contributed by atoms with Crippen LogP contribution in [0.2, 0.25) is 5.02 Å². The molecule has 3 rings (SSSR count). The first-order valence-electron chi connectivity index (χ1n) is 6.59. The maximum atomic E-state index is 10.7. The van der Waals surface area contributed by atoms with Crippen molar-refractivity contribution in [2.24, 2.45) is 0 Å². The van der Waals surface area contributed by atoms with Crippen LogP contribution in [-0.4, -0.2) is 27.2 Å². The Morgan fingerprint density at radius 1 is 1.38 bits per heavy atom. The third-order valence-corrected chi connectivity index (χ3v) is 3.84. The molecule has 1 aromatic heterocycles. The van der Waals surface area contributed by atoms with E-state index in [1.165, 1.54) is 0 Å². The fraction of sp³-hybridized carbons (Fsp3) is 0.200. The monoisotopic (exact) mass is 303 g/mol. The number of aliphatic carboxylic acids is 1. The number of carbonyl (C=O) groups is 1. The summed E-state index contributed by atoms with van der Waals surface area (Å²) in [7, 11) is 0. The van der Waals surface area contributed by atoms with E-state index >= 15 is 0 Å². The molecule has 1 N–H and O–H groups in total. The summed E-state index contributed by atoms with van der Waals surface area (Å²) in [6.45, 7) is 2.36. The van der Waals surface area contributed by atoms with E-state index in [-0.39, 0.29) is 0 Å². The number of hydrogen-bond donors (Lipinski definition) is 1. The molecule has 0 saturated heterocycles. The fourth-order valence-corrected chi connectivity index (χ4v) is 2.73. The number of benzene rings is 1. The molecule has 0 atom stereocenters. The molecular weight excluding hydrogens is 290 g/mol. The molecule has 1 aliphatic heterocycles. The molecule has 0 spiro atoms. The number of fused-ring (bicyclic) bond motifs is 1. The quantitative estimate of drug-likeness (QED) is 0.886. The number of carboxylic acids is 1. The number of hydrogen-bond acceptors (Lipinski definition) is 3. The van der Waals surface area contributed by atoms with Crippen molar-refractivity contribution in [3.05, 3.63) is 53.1 Å². The zero-order valence-corrected chi connectivity index (χ0v) is 12.0. The molecule has 108 valence electrons. The summed E-state index contributed by atoms with van der Waals surface area (Å²) in [4.78, 5) is 17.2. The second-order valence-corrected chi connectivity index (χ2v) is 5.21. The number of rotatable bonds is 3. The highest BCUT2D eigenvalue weighted by Gasteiger charge is 2.19. The third kappa shape index (κ3) is 2.78. The summed E-state index contributed by atoms with van der Waals surface area (Å²) in [5.41, 5.74) is 1.65. The second kappa shape index (κ2) is 5.61. The minimum Gasteiger partial charge on any atom is -0.478 e. The summed E-state index contributed by atoms with van der Waals surface area (Å²) in [6.07, 6.45) is 6.41. The summed E-state index contributed by atoms with van der Waals surface area (Å²) < 4.78 is 2.12. The van der Waals surface area contributed by atoms with Gasteiger partial charge in [0.05, 0.1) is 6.54 Å². The summed E-state index contributed by atoms with van der Waals surface area (Å²) >= 11 is 6.22. The minimum atomic E-state index is -0.991. The van der Waals surface area contributed by atoms with Crippen LogP contribution in [0.4, 0.5) is 5.69 Å². The van der Waals surface area contributed by atoms with Gasteiger partial charge in [0.25, 0.3) is 0 Å². The van der Waals surface area contributed by atoms with Crippen LogP contribution in [-0.2, 0) is 17.9 Å². The highest BCUT2D eigenvalue weighted by molar-refractivity contribution is 6.32. The zero-order valence-electron chi connectivity index (χ0n) is 11.2. The van der Waals surface area contributed by atoms with E-state index in [9.17, 15) is 4.79 Å². The van der Waals surface area contributed by atoms with E-state index in [0.717, 1.165) is 36.2 Å². The summed E-state index contributed by atoms with van der Waals surface area (Å²) in [5.74, 6) is 0.00412. The van der Waals surface area contributed by atoms with Gasteiger partial charge in [0.15, 0.2) is 0 Å². The average molecular weight is 304 g/mol. The Labute approximate surface area is 127 Å². The first-order valence-corrected chi connectivity index (χ1v) is 6.97. The number of anilines is 1. The van der Waals surface area contributed by atoms with E-state index < -0.39 is 5.97 Å². The molecule has 0 bridgehead atoms. The standard InChI is InChI=1S/C15H14ClN3O2/c16-12-2-1-3-13(11(12)4-5-15(20)21)19-9-8-18-7-6-17-14(18)10-19/h1-7H,8-10H2,(H,20,21). The molecule has 0 radical (unpaired) electrons. The van der Waals surface area contributed by atoms with Gasteiger partial charge < -0.3 is 14.6 Å². The van der Waals surface area contributed by atoms with Crippen molar-refractivity contribution >= 4 is 29.3 Å². The van der Waals surface area contributed by atoms with E-state index in [0.29, 0.717) is 11.6 Å². The van der Waals surface area contributed by atoms with Crippen LogP contribution in [0.15, 0.2) is 36.7 Å². The highest BCUT2D eigenvalue weighted by Crippen LogP contribution is 2.31. The van der Waals surface area contributed by atoms with Crippen molar-refractivity contribution in [1.82, 2.24) is 9.55 Å². The second-order valence-electron chi connectivity index (χ2n) is 4.80. The van der Waals surface area contributed by atoms with Gasteiger partial charge in [0.2, 0.25) is 0 Å². The van der Waals surface area contributed by atoms with Crippen LogP contribution < -0.4 is 4.90 Å². The largest absolute Gasteiger partial charge is 0.478 e. The van der Waals surface area contributed by atoms with E-state index in [1.807, 2.05) is 18.3 Å². The van der Waals surface area contributed by atoms with Gasteiger partial charge in [0, 0.05) is 47.8 Å². The molecular formula is C15H14ClN3O2. The van der Waals surface area contributed by atoms with Gasteiger partial charge in [-0.3, -0.25) is 0 Å². The lowest BCUT2D eigenvalue weighted by atomic mass is 10.1. The first-order chi connectivity index (χ1) is 10.1. The fourth-order valence-electron chi connectivity index (χ4n) is 2.50. The number of nitrogens with zero attached hydrogens (tertiary/aromatic N) is 3. The van der Waals surface area contributed by atoms with Gasteiger partial charge in [-0.05, 0) is 18.2 Å². The van der Waals surface area contributed by atoms with Crippen LogP contribution in [0.5, 0.6) is 0 Å². The van der Waals surface area contributed by atoms with Gasteiger partial charge in [0.1, 0.15) is 5.82 Å². The van der Waals surface area contributed by atoms with Gasteiger partial charge in [-0.2, -0.15) is 0 Å². The minimum absolute atomic E-state index is 0.541. The van der Waals surface area contributed by atoms with Gasteiger partial charge in [-0.15, -0.1) is 0 Å². The first kappa shape index (κ1) is 13.7. The number of imidazole rings is 1. The molecule has 0 saturated carbocycles. The smallest absolute Gasteiger partial charge is 0.328 e. The van der Waals surface area contributed by atoms with E-state index in [4.69, 9.17) is 16.7 Å². The van der Waals surface area contributed by atoms with Gasteiger partial charge in [-0.25, -0.2) is 9.78 Å². The van der Waals surface area contributed by atoms with Crippen LogP contribution in [0.3, 0.4) is 0 Å². The average Bonchev–Trinajstić information content (AvgIpc) is 2.92. The molecule has 0 amide bonds. The molecule has 1 aromatic carbocycles. The Morgan fingerprint density at radius 2 is 2.24 bits per heavy atom. The Balaban J connectivity index is 1.96. The Kier molecular flexibility index (Phi) is 3.66. The lowest BCUT2D eigenvalue weighted by Crippen LogP contribution is -2.34. The zero-order chi connectivity index (χ0) is 14.8. The molecule has 1 aliphatic rings. The maximum absolute atomic E-state index is 10.7. The molecule has 2 heterocycles. The third-order valence-electron chi connectivity index (χ3n) is 3.51. The van der Waals surface area contributed by atoms with E-state index in [2.05, 4.69) is 14.5 Å². The number of carboxylic acid groups (broad SMARTS) is 1. The number of halogens is 1. The molecule has 0 fully saturated rings. The molecule has 0 aliphatic carbocycles. The number of aromatic nitrogens is 2. The maximum Gasteiger partial charge on any atom is 0.328 e. The predicted octanol–water partition coefficient (Wildman–Crippen LogP) is 2.65. The van der Waals surface area contributed by atoms with Crippen LogP contribution in [0.1, 0.15) is 11.4 Å². The SMILES string of the molecule is O=C(O)C=Cc1c(Cl)cccc1N1CCn2ccnc2C1. The topological polar surface area (TPSA) is 58.4 Å². The van der Waals surface area contributed by atoms with Crippen molar-refractivity contribution in [1.29, 1.82) is 0 Å². The van der Waals surface area contributed by atoms with E-state index in [1.54, 1.807) is 18.3 Å². The summed E-state index contributed by atoms with van der Waals surface area (Å²) in [5, 5.41) is 9.35. The lowest BCUT2D eigenvalue weighted by molar-refractivity contribution is -0.131. The van der Waals surface area contributed by atoms with Crippen LogP contribution in [0.25, 0.3) is 6.08 Å². The predicted molar refractivity (Wildman–Crippen MR) is 81.4 cm³/mol.